The van der Waals surface area contributed by atoms with Gasteiger partial charge < -0.3 is 32.2 Å². The number of hydrogen-bond donors (Lipinski definition) is 6. The molecule has 2 rings (SSSR count). The number of amides is 2. The third kappa shape index (κ3) is 5.80. The van der Waals surface area contributed by atoms with Gasteiger partial charge in [-0.25, -0.2) is 4.79 Å². The van der Waals surface area contributed by atoms with E-state index in [0.29, 0.717) is 29.4 Å². The number of carbonyl (C=O) groups is 3. The molecule has 2 amide bonds. The highest BCUT2D eigenvalue weighted by Gasteiger charge is 2.13. The molecule has 0 fully saturated rings. The smallest absolute Gasteiger partial charge is 0.352 e. The molecule has 8 N–H and O–H groups in total. The van der Waals surface area contributed by atoms with Gasteiger partial charge in [0.1, 0.15) is 5.69 Å². The van der Waals surface area contributed by atoms with E-state index in [1.807, 2.05) is 0 Å². The second-order valence-corrected chi connectivity index (χ2v) is 6.23. The number of hydrogen-bond acceptors (Lipinski definition) is 5. The van der Waals surface area contributed by atoms with Crippen LogP contribution in [0.1, 0.15) is 40.1 Å². The largest absolute Gasteiger partial charge is 0.477 e. The van der Waals surface area contributed by atoms with Crippen LogP contribution in [-0.4, -0.2) is 53.6 Å². The van der Waals surface area contributed by atoms with Crippen molar-refractivity contribution in [2.45, 2.75) is 25.3 Å². The van der Waals surface area contributed by atoms with Gasteiger partial charge in [-0.3, -0.25) is 9.59 Å². The Labute approximate surface area is 156 Å². The number of aromatic carboxylic acids is 1. The van der Waals surface area contributed by atoms with Crippen LogP contribution in [0.25, 0.3) is 10.9 Å². The molecule has 0 saturated carbocycles. The van der Waals surface area contributed by atoms with Crippen molar-refractivity contribution in [2.24, 2.45) is 11.5 Å². The minimum atomic E-state index is -1.06. The minimum absolute atomic E-state index is 0.0630. The van der Waals surface area contributed by atoms with E-state index in [9.17, 15) is 14.4 Å². The third-order valence-electron chi connectivity index (χ3n) is 4.13. The molecule has 0 aliphatic rings. The summed E-state index contributed by atoms with van der Waals surface area (Å²) in [4.78, 5) is 37.8. The van der Waals surface area contributed by atoms with Crippen LogP contribution < -0.4 is 22.1 Å². The van der Waals surface area contributed by atoms with Gasteiger partial charge in [0.15, 0.2) is 0 Å². The van der Waals surface area contributed by atoms with E-state index in [-0.39, 0.29) is 30.6 Å². The average Bonchev–Trinajstić information content (AvgIpc) is 3.08. The number of aromatic amines is 1. The lowest BCUT2D eigenvalue weighted by Crippen LogP contribution is -2.43. The Morgan fingerprint density at radius 3 is 2.56 bits per heavy atom. The molecular weight excluding hydrogens is 350 g/mol. The van der Waals surface area contributed by atoms with E-state index >= 15 is 0 Å². The molecule has 0 aliphatic carbocycles. The van der Waals surface area contributed by atoms with Gasteiger partial charge in [-0.2, -0.15) is 0 Å². The number of unbranched alkanes of at least 4 members (excludes halogenated alkanes) is 1. The second kappa shape index (κ2) is 9.70. The van der Waals surface area contributed by atoms with Gasteiger partial charge in [-0.1, -0.05) is 6.42 Å². The maximum atomic E-state index is 12.2. The van der Waals surface area contributed by atoms with Crippen LogP contribution in [-0.2, 0) is 4.79 Å². The Morgan fingerprint density at radius 1 is 1.11 bits per heavy atom. The van der Waals surface area contributed by atoms with Gasteiger partial charge in [0.2, 0.25) is 5.91 Å². The van der Waals surface area contributed by atoms with Crippen LogP contribution in [0.2, 0.25) is 0 Å². The quantitative estimate of drug-likeness (QED) is 0.324. The summed E-state index contributed by atoms with van der Waals surface area (Å²) in [5.41, 5.74) is 12.3. The second-order valence-electron chi connectivity index (χ2n) is 6.23. The van der Waals surface area contributed by atoms with Gasteiger partial charge in [0.25, 0.3) is 5.91 Å². The van der Waals surface area contributed by atoms with Crippen LogP contribution in [0.4, 0.5) is 0 Å². The Morgan fingerprint density at radius 2 is 1.85 bits per heavy atom. The number of rotatable bonds is 10. The van der Waals surface area contributed by atoms with Crippen LogP contribution in [0.15, 0.2) is 24.3 Å². The number of carbonyl (C=O) groups excluding carboxylic acids is 2. The number of H-pyrrole nitrogens is 1. The fraction of sp³-hybridized carbons (Fsp3) is 0.389. The SMILES string of the molecule is NCCCCC(N)C(=O)NCCNC(=O)c1ccc2[nH]c(C(=O)O)cc2c1. The molecular formula is C18H25N5O4. The third-order valence-corrected chi connectivity index (χ3v) is 4.13. The summed E-state index contributed by atoms with van der Waals surface area (Å²) < 4.78 is 0. The lowest BCUT2D eigenvalue weighted by molar-refractivity contribution is -0.122. The van der Waals surface area contributed by atoms with E-state index in [1.165, 1.54) is 6.07 Å². The van der Waals surface area contributed by atoms with Crippen molar-refractivity contribution in [2.75, 3.05) is 19.6 Å². The number of nitrogens with two attached hydrogens (primary N) is 2. The van der Waals surface area contributed by atoms with Crippen molar-refractivity contribution in [3.8, 4) is 0 Å². The van der Waals surface area contributed by atoms with Crippen LogP contribution in [0, 0.1) is 0 Å². The van der Waals surface area contributed by atoms with Gasteiger partial charge in [-0.05, 0) is 43.7 Å². The lowest BCUT2D eigenvalue weighted by Gasteiger charge is -2.12. The summed E-state index contributed by atoms with van der Waals surface area (Å²) in [6.45, 7) is 1.10. The number of nitrogens with one attached hydrogen (secondary N) is 3. The van der Waals surface area contributed by atoms with Crippen molar-refractivity contribution in [3.63, 3.8) is 0 Å². The normalized spacial score (nSPS) is 11.9. The molecule has 0 saturated heterocycles. The molecule has 146 valence electrons. The summed E-state index contributed by atoms with van der Waals surface area (Å²) in [6.07, 6.45) is 2.20. The standard InChI is InChI=1S/C18H25N5O4/c19-6-2-1-3-13(20)17(25)22-8-7-21-16(24)11-4-5-14-12(9-11)10-15(23-14)18(26)27/h4-5,9-10,13,23H,1-3,6-8,19-20H2,(H,21,24)(H,22,25)(H,26,27). The molecule has 0 aliphatic heterocycles. The first-order valence-electron chi connectivity index (χ1n) is 8.80. The Bertz CT molecular complexity index is 817. The van der Waals surface area contributed by atoms with Crippen molar-refractivity contribution in [3.05, 3.63) is 35.5 Å². The fourth-order valence-electron chi connectivity index (χ4n) is 2.62. The first-order chi connectivity index (χ1) is 12.9. The fourth-order valence-corrected chi connectivity index (χ4v) is 2.62. The highest BCUT2D eigenvalue weighted by Crippen LogP contribution is 2.17. The molecule has 1 aromatic carbocycles. The summed E-state index contributed by atoms with van der Waals surface area (Å²) in [5, 5.41) is 15.0. The van der Waals surface area contributed by atoms with Gasteiger partial charge in [0.05, 0.1) is 6.04 Å². The van der Waals surface area contributed by atoms with Crippen molar-refractivity contribution < 1.29 is 19.5 Å². The Balaban J connectivity index is 1.79. The minimum Gasteiger partial charge on any atom is -0.477 e. The number of carboxylic acid groups (broad SMARTS) is 1. The van der Waals surface area contributed by atoms with E-state index in [0.717, 1.165) is 12.8 Å². The molecule has 1 unspecified atom stereocenters. The van der Waals surface area contributed by atoms with Gasteiger partial charge >= 0.3 is 5.97 Å². The van der Waals surface area contributed by atoms with Crippen LogP contribution in [0.5, 0.6) is 0 Å². The Hall–Kier alpha value is -2.91. The van der Waals surface area contributed by atoms with Crippen LogP contribution in [0.3, 0.4) is 0 Å². The number of carboxylic acids is 1. The van der Waals surface area contributed by atoms with E-state index < -0.39 is 12.0 Å². The molecule has 0 bridgehead atoms. The summed E-state index contributed by atoms with van der Waals surface area (Å²) >= 11 is 0. The first kappa shape index (κ1) is 20.4. The molecule has 1 aromatic heterocycles. The van der Waals surface area contributed by atoms with Gasteiger partial charge in [-0.15, -0.1) is 0 Å². The highest BCUT2D eigenvalue weighted by molar-refractivity contribution is 6.00. The van der Waals surface area contributed by atoms with Crippen molar-refractivity contribution in [1.82, 2.24) is 15.6 Å². The molecule has 2 aromatic rings. The monoisotopic (exact) mass is 375 g/mol. The summed E-state index contributed by atoms with van der Waals surface area (Å²) in [7, 11) is 0. The van der Waals surface area contributed by atoms with Crippen LogP contribution >= 0.6 is 0 Å². The van der Waals surface area contributed by atoms with E-state index in [1.54, 1.807) is 18.2 Å². The van der Waals surface area contributed by atoms with E-state index in [4.69, 9.17) is 16.6 Å². The number of benzene rings is 1. The topological polar surface area (TPSA) is 163 Å². The molecule has 0 spiro atoms. The predicted molar refractivity (Wildman–Crippen MR) is 101 cm³/mol. The zero-order valence-corrected chi connectivity index (χ0v) is 15.0. The maximum absolute atomic E-state index is 12.2. The molecule has 1 atom stereocenters. The average molecular weight is 375 g/mol. The molecule has 27 heavy (non-hydrogen) atoms. The molecule has 1 heterocycles. The zero-order chi connectivity index (χ0) is 19.8. The molecule has 9 heteroatoms. The predicted octanol–water partition coefficient (Wildman–Crippen LogP) is 0.168. The lowest BCUT2D eigenvalue weighted by atomic mass is 10.1. The zero-order valence-electron chi connectivity index (χ0n) is 15.0. The summed E-state index contributed by atoms with van der Waals surface area (Å²) in [5.74, 6) is -1.62. The summed E-state index contributed by atoms with van der Waals surface area (Å²) in [6, 6.07) is 5.76. The molecule has 9 nitrogen and oxygen atoms in total. The highest BCUT2D eigenvalue weighted by atomic mass is 16.4. The van der Waals surface area contributed by atoms with Crippen molar-refractivity contribution >= 4 is 28.7 Å². The van der Waals surface area contributed by atoms with Gasteiger partial charge in [0, 0.05) is 29.6 Å². The number of aromatic nitrogens is 1. The Kier molecular flexibility index (Phi) is 7.33. The molecule has 0 radical (unpaired) electrons. The van der Waals surface area contributed by atoms with E-state index in [2.05, 4.69) is 15.6 Å². The number of fused-ring (bicyclic) bond motifs is 1. The first-order valence-corrected chi connectivity index (χ1v) is 8.80. The van der Waals surface area contributed by atoms with Crippen molar-refractivity contribution in [1.29, 1.82) is 0 Å². The maximum Gasteiger partial charge on any atom is 0.352 e.